The van der Waals surface area contributed by atoms with Gasteiger partial charge in [0.2, 0.25) is 0 Å². The Morgan fingerprint density at radius 3 is 2.57 bits per heavy atom. The Kier molecular flexibility index (Phi) is 8.50. The molecule has 0 aliphatic carbocycles. The van der Waals surface area contributed by atoms with Gasteiger partial charge in [-0.1, -0.05) is 6.07 Å². The monoisotopic (exact) mass is 311 g/mol. The molecule has 0 saturated heterocycles. The van der Waals surface area contributed by atoms with Gasteiger partial charge in [-0.3, -0.25) is 4.99 Å². The average Bonchev–Trinajstić information content (AvgIpc) is 2.53. The van der Waals surface area contributed by atoms with E-state index in [1.54, 1.807) is 21.3 Å². The van der Waals surface area contributed by atoms with Crippen molar-refractivity contribution in [2.45, 2.75) is 13.0 Å². The Morgan fingerprint density at radius 1 is 1.19 bits per heavy atom. The Labute approximate surface area is 131 Å². The lowest BCUT2D eigenvalue weighted by Crippen LogP contribution is -2.37. The minimum absolute atomic E-state index is 0.683. The highest BCUT2D eigenvalue weighted by Crippen LogP contribution is 2.27. The van der Waals surface area contributed by atoms with E-state index in [1.807, 2.05) is 30.0 Å². The number of aliphatic imine (C=N–C) groups is 1. The van der Waals surface area contributed by atoms with Crippen molar-refractivity contribution in [3.63, 3.8) is 0 Å². The highest BCUT2D eigenvalue weighted by atomic mass is 32.2. The standard InChI is InChI=1S/C15H25N3O2S/c1-16-15(17-8-5-9-21-4)18-11-12-6-7-13(19-2)14(10-12)20-3/h6-7,10H,5,8-9,11H2,1-4H3,(H2,16,17,18). The van der Waals surface area contributed by atoms with E-state index in [-0.39, 0.29) is 0 Å². The van der Waals surface area contributed by atoms with Gasteiger partial charge in [0.05, 0.1) is 14.2 Å². The molecule has 0 aliphatic heterocycles. The van der Waals surface area contributed by atoms with Gasteiger partial charge in [0, 0.05) is 20.1 Å². The van der Waals surface area contributed by atoms with Crippen LogP contribution in [0.25, 0.3) is 0 Å². The van der Waals surface area contributed by atoms with Crippen LogP contribution in [0.3, 0.4) is 0 Å². The van der Waals surface area contributed by atoms with Gasteiger partial charge in [0.1, 0.15) is 0 Å². The Balaban J connectivity index is 2.49. The summed E-state index contributed by atoms with van der Waals surface area (Å²) in [6, 6.07) is 5.88. The van der Waals surface area contributed by atoms with Gasteiger partial charge in [0.15, 0.2) is 17.5 Å². The van der Waals surface area contributed by atoms with Gasteiger partial charge in [0.25, 0.3) is 0 Å². The fourth-order valence-electron chi connectivity index (χ4n) is 1.82. The number of rotatable bonds is 8. The molecule has 0 amide bonds. The van der Waals surface area contributed by atoms with Crippen LogP contribution >= 0.6 is 11.8 Å². The molecule has 2 N–H and O–H groups in total. The Morgan fingerprint density at radius 2 is 1.95 bits per heavy atom. The average molecular weight is 311 g/mol. The molecule has 1 aromatic carbocycles. The fraction of sp³-hybridized carbons (Fsp3) is 0.533. The Hall–Kier alpha value is -1.56. The summed E-state index contributed by atoms with van der Waals surface area (Å²) in [5.74, 6) is 3.44. The molecule has 118 valence electrons. The molecule has 0 aliphatic rings. The lowest BCUT2D eigenvalue weighted by atomic mass is 10.2. The van der Waals surface area contributed by atoms with Gasteiger partial charge >= 0.3 is 0 Å². The van der Waals surface area contributed by atoms with Crippen molar-refractivity contribution >= 4 is 17.7 Å². The van der Waals surface area contributed by atoms with Crippen LogP contribution in [0.5, 0.6) is 11.5 Å². The summed E-state index contributed by atoms with van der Waals surface area (Å²) in [5, 5.41) is 6.58. The second-order valence-corrected chi connectivity index (χ2v) is 5.37. The molecular weight excluding hydrogens is 286 g/mol. The van der Waals surface area contributed by atoms with E-state index in [1.165, 1.54) is 0 Å². The van der Waals surface area contributed by atoms with E-state index in [0.29, 0.717) is 6.54 Å². The van der Waals surface area contributed by atoms with Gasteiger partial charge in [-0.25, -0.2) is 0 Å². The zero-order valence-corrected chi connectivity index (χ0v) is 14.0. The summed E-state index contributed by atoms with van der Waals surface area (Å²) < 4.78 is 10.5. The van der Waals surface area contributed by atoms with Crippen molar-refractivity contribution in [1.29, 1.82) is 0 Å². The highest BCUT2D eigenvalue weighted by molar-refractivity contribution is 7.98. The minimum Gasteiger partial charge on any atom is -0.493 e. The molecule has 0 fully saturated rings. The number of hydrogen-bond donors (Lipinski definition) is 2. The van der Waals surface area contributed by atoms with Crippen LogP contribution in [0.2, 0.25) is 0 Å². The zero-order chi connectivity index (χ0) is 15.5. The molecule has 0 spiro atoms. The van der Waals surface area contributed by atoms with Crippen LogP contribution in [-0.4, -0.2) is 45.8 Å². The lowest BCUT2D eigenvalue weighted by Gasteiger charge is -2.13. The summed E-state index contributed by atoms with van der Waals surface area (Å²) in [4.78, 5) is 4.21. The van der Waals surface area contributed by atoms with Crippen molar-refractivity contribution in [3.8, 4) is 11.5 Å². The van der Waals surface area contributed by atoms with Gasteiger partial charge in [-0.2, -0.15) is 11.8 Å². The molecule has 0 saturated carbocycles. The summed E-state index contributed by atoms with van der Waals surface area (Å²) in [7, 11) is 5.05. The number of benzene rings is 1. The van der Waals surface area contributed by atoms with Crippen LogP contribution in [0, 0.1) is 0 Å². The molecule has 0 bridgehead atoms. The molecule has 0 aromatic heterocycles. The zero-order valence-electron chi connectivity index (χ0n) is 13.2. The maximum atomic E-state index is 5.30. The number of hydrogen-bond acceptors (Lipinski definition) is 4. The molecule has 0 heterocycles. The number of nitrogens with zero attached hydrogens (tertiary/aromatic N) is 1. The van der Waals surface area contributed by atoms with Crippen LogP contribution < -0.4 is 20.1 Å². The molecule has 0 radical (unpaired) electrons. The molecule has 5 nitrogen and oxygen atoms in total. The number of thioether (sulfide) groups is 1. The SMILES string of the molecule is CN=C(NCCCSC)NCc1ccc(OC)c(OC)c1. The van der Waals surface area contributed by atoms with Gasteiger partial charge < -0.3 is 20.1 Å². The molecule has 0 unspecified atom stereocenters. The quantitative estimate of drug-likeness (QED) is 0.437. The molecule has 0 atom stereocenters. The maximum Gasteiger partial charge on any atom is 0.191 e. The summed E-state index contributed by atoms with van der Waals surface area (Å²) >= 11 is 1.85. The minimum atomic E-state index is 0.683. The number of guanidine groups is 1. The predicted octanol–water partition coefficient (Wildman–Crippen LogP) is 2.12. The molecule has 6 heteroatoms. The highest BCUT2D eigenvalue weighted by Gasteiger charge is 2.05. The first-order valence-corrected chi connectivity index (χ1v) is 8.29. The van der Waals surface area contributed by atoms with Crippen LogP contribution in [0.4, 0.5) is 0 Å². The molecular formula is C15H25N3O2S. The van der Waals surface area contributed by atoms with Crippen LogP contribution in [0.15, 0.2) is 23.2 Å². The van der Waals surface area contributed by atoms with Crippen molar-refractivity contribution in [3.05, 3.63) is 23.8 Å². The third-order valence-electron chi connectivity index (χ3n) is 2.95. The first-order chi connectivity index (χ1) is 10.2. The smallest absolute Gasteiger partial charge is 0.191 e. The normalized spacial score (nSPS) is 11.1. The lowest BCUT2D eigenvalue weighted by molar-refractivity contribution is 0.354. The van der Waals surface area contributed by atoms with E-state index in [2.05, 4.69) is 21.9 Å². The van der Waals surface area contributed by atoms with E-state index in [0.717, 1.165) is 41.7 Å². The Bertz CT molecular complexity index is 453. The van der Waals surface area contributed by atoms with Gasteiger partial charge in [-0.15, -0.1) is 0 Å². The molecule has 21 heavy (non-hydrogen) atoms. The van der Waals surface area contributed by atoms with E-state index in [9.17, 15) is 0 Å². The molecule has 1 aromatic rings. The summed E-state index contributed by atoms with van der Waals surface area (Å²) in [5.41, 5.74) is 1.11. The number of nitrogens with one attached hydrogen (secondary N) is 2. The van der Waals surface area contributed by atoms with Gasteiger partial charge in [-0.05, 0) is 36.1 Å². The fourth-order valence-corrected chi connectivity index (χ4v) is 2.25. The molecule has 1 rings (SSSR count). The first-order valence-electron chi connectivity index (χ1n) is 6.89. The second kappa shape index (κ2) is 10.2. The predicted molar refractivity (Wildman–Crippen MR) is 90.7 cm³/mol. The first kappa shape index (κ1) is 17.5. The summed E-state index contributed by atoms with van der Waals surface area (Å²) in [6.07, 6.45) is 3.24. The largest absolute Gasteiger partial charge is 0.493 e. The maximum absolute atomic E-state index is 5.30. The van der Waals surface area contributed by atoms with Crippen LogP contribution in [-0.2, 0) is 6.54 Å². The second-order valence-electron chi connectivity index (χ2n) is 4.39. The number of methoxy groups -OCH3 is 2. The van der Waals surface area contributed by atoms with Crippen molar-refractivity contribution < 1.29 is 9.47 Å². The van der Waals surface area contributed by atoms with Crippen molar-refractivity contribution in [2.75, 3.05) is 39.8 Å². The van der Waals surface area contributed by atoms with Crippen molar-refractivity contribution in [1.82, 2.24) is 10.6 Å². The van der Waals surface area contributed by atoms with E-state index < -0.39 is 0 Å². The van der Waals surface area contributed by atoms with Crippen molar-refractivity contribution in [2.24, 2.45) is 4.99 Å². The third kappa shape index (κ3) is 6.16. The van der Waals surface area contributed by atoms with Crippen LogP contribution in [0.1, 0.15) is 12.0 Å². The topological polar surface area (TPSA) is 54.9 Å². The third-order valence-corrected chi connectivity index (χ3v) is 3.65. The van der Waals surface area contributed by atoms with E-state index >= 15 is 0 Å². The van der Waals surface area contributed by atoms with E-state index in [4.69, 9.17) is 9.47 Å². The summed E-state index contributed by atoms with van der Waals surface area (Å²) in [6.45, 7) is 1.61. The number of ether oxygens (including phenoxy) is 2.